The Labute approximate surface area is 191 Å². The van der Waals surface area contributed by atoms with Crippen LogP contribution in [0.5, 0.6) is 5.75 Å². The number of nitrogens with zero attached hydrogens (tertiary/aromatic N) is 4. The Kier molecular flexibility index (Phi) is 6.63. The van der Waals surface area contributed by atoms with Crippen molar-refractivity contribution in [3.05, 3.63) is 57.9 Å². The average molecular weight is 475 g/mol. The first-order valence-corrected chi connectivity index (χ1v) is 12.2. The lowest BCUT2D eigenvalue weighted by Crippen LogP contribution is -2.40. The van der Waals surface area contributed by atoms with Gasteiger partial charge in [0.05, 0.1) is 34.1 Å². The standard InChI is InChI=1S/C22H26N4O6S/c1-3-8-25-21-7-5-18(33(29,30)24-9-11-31-12-10-24)14-19(21)23-22(25)15-32-17-4-6-20(26(27)28)16(2)13-17/h4-7,13-14H,3,8-12,15H2,1-2H3. The second-order valence-corrected chi connectivity index (χ2v) is 9.78. The van der Waals surface area contributed by atoms with Crippen LogP contribution in [0.2, 0.25) is 0 Å². The van der Waals surface area contributed by atoms with Crippen molar-refractivity contribution in [2.75, 3.05) is 26.3 Å². The van der Waals surface area contributed by atoms with E-state index in [1.54, 1.807) is 37.3 Å². The summed E-state index contributed by atoms with van der Waals surface area (Å²) in [6.45, 7) is 5.99. The second kappa shape index (κ2) is 9.46. The number of rotatable bonds is 8. The van der Waals surface area contributed by atoms with Crippen molar-refractivity contribution in [3.63, 3.8) is 0 Å². The van der Waals surface area contributed by atoms with Crippen molar-refractivity contribution < 1.29 is 22.8 Å². The van der Waals surface area contributed by atoms with Crippen molar-refractivity contribution in [1.29, 1.82) is 0 Å². The summed E-state index contributed by atoms with van der Waals surface area (Å²) in [6.07, 6.45) is 0.864. The number of sulfonamides is 1. The van der Waals surface area contributed by atoms with Crippen molar-refractivity contribution in [1.82, 2.24) is 13.9 Å². The summed E-state index contributed by atoms with van der Waals surface area (Å²) < 4.78 is 40.6. The first-order valence-electron chi connectivity index (χ1n) is 10.8. The fourth-order valence-corrected chi connectivity index (χ4v) is 5.34. The van der Waals surface area contributed by atoms with Crippen molar-refractivity contribution in [2.24, 2.45) is 0 Å². The maximum absolute atomic E-state index is 13.0. The zero-order valence-electron chi connectivity index (χ0n) is 18.6. The van der Waals surface area contributed by atoms with E-state index in [0.29, 0.717) is 55.5 Å². The van der Waals surface area contributed by atoms with E-state index < -0.39 is 14.9 Å². The molecule has 0 atom stereocenters. The molecule has 4 rings (SSSR count). The largest absolute Gasteiger partial charge is 0.486 e. The fourth-order valence-electron chi connectivity index (χ4n) is 3.91. The number of hydrogen-bond acceptors (Lipinski definition) is 7. The third-order valence-corrected chi connectivity index (χ3v) is 7.48. The zero-order valence-corrected chi connectivity index (χ0v) is 19.4. The van der Waals surface area contributed by atoms with E-state index in [1.165, 1.54) is 10.4 Å². The summed E-state index contributed by atoms with van der Waals surface area (Å²) >= 11 is 0. The lowest BCUT2D eigenvalue weighted by Gasteiger charge is -2.26. The van der Waals surface area contributed by atoms with Crippen molar-refractivity contribution in [3.8, 4) is 5.75 Å². The predicted molar refractivity (Wildman–Crippen MR) is 122 cm³/mol. The van der Waals surface area contributed by atoms with Crippen LogP contribution in [0.15, 0.2) is 41.3 Å². The molecule has 3 aromatic rings. The van der Waals surface area contributed by atoms with Crippen LogP contribution in [-0.2, 0) is 27.9 Å². The molecule has 0 N–H and O–H groups in total. The van der Waals surface area contributed by atoms with Gasteiger partial charge in [0.25, 0.3) is 5.69 Å². The molecular weight excluding hydrogens is 448 g/mol. The van der Waals surface area contributed by atoms with Gasteiger partial charge in [-0.05, 0) is 43.7 Å². The Bertz CT molecular complexity index is 1280. The van der Waals surface area contributed by atoms with Crippen LogP contribution in [0.25, 0.3) is 11.0 Å². The summed E-state index contributed by atoms with van der Waals surface area (Å²) in [5.74, 6) is 1.16. The quantitative estimate of drug-likeness (QED) is 0.363. The monoisotopic (exact) mass is 474 g/mol. The number of nitro groups is 1. The molecule has 0 aliphatic carbocycles. The molecule has 2 heterocycles. The summed E-state index contributed by atoms with van der Waals surface area (Å²) in [5.41, 5.74) is 1.96. The number of benzene rings is 2. The van der Waals surface area contributed by atoms with Crippen LogP contribution in [0.1, 0.15) is 24.7 Å². The molecule has 33 heavy (non-hydrogen) atoms. The highest BCUT2D eigenvalue weighted by molar-refractivity contribution is 7.89. The summed E-state index contributed by atoms with van der Waals surface area (Å²) in [7, 11) is -3.62. The Morgan fingerprint density at radius 2 is 1.94 bits per heavy atom. The average Bonchev–Trinajstić information content (AvgIpc) is 3.15. The summed E-state index contributed by atoms with van der Waals surface area (Å²) in [4.78, 5) is 15.5. The Morgan fingerprint density at radius 3 is 2.61 bits per heavy atom. The third-order valence-electron chi connectivity index (χ3n) is 5.59. The van der Waals surface area contributed by atoms with Gasteiger partial charge in [-0.1, -0.05) is 6.92 Å². The second-order valence-electron chi connectivity index (χ2n) is 7.84. The molecule has 0 unspecified atom stereocenters. The predicted octanol–water partition coefficient (Wildman–Crippen LogP) is 3.26. The number of morpholine rings is 1. The van der Waals surface area contributed by atoms with E-state index in [-0.39, 0.29) is 17.2 Å². The maximum atomic E-state index is 13.0. The molecule has 0 amide bonds. The Morgan fingerprint density at radius 1 is 1.18 bits per heavy atom. The van der Waals surface area contributed by atoms with Gasteiger partial charge in [-0.25, -0.2) is 13.4 Å². The third kappa shape index (κ3) is 4.70. The highest BCUT2D eigenvalue weighted by Gasteiger charge is 2.27. The number of imidazole rings is 1. The fraction of sp³-hybridized carbons (Fsp3) is 0.409. The first-order chi connectivity index (χ1) is 15.8. The molecule has 0 radical (unpaired) electrons. The van der Waals surface area contributed by atoms with E-state index in [1.807, 2.05) is 11.5 Å². The smallest absolute Gasteiger partial charge is 0.272 e. The van der Waals surface area contributed by atoms with E-state index in [9.17, 15) is 18.5 Å². The lowest BCUT2D eigenvalue weighted by molar-refractivity contribution is -0.385. The minimum atomic E-state index is -3.62. The summed E-state index contributed by atoms with van der Waals surface area (Å²) in [6, 6.07) is 9.60. The van der Waals surface area contributed by atoms with E-state index >= 15 is 0 Å². The van der Waals surface area contributed by atoms with Crippen LogP contribution >= 0.6 is 0 Å². The van der Waals surface area contributed by atoms with Crippen LogP contribution in [-0.4, -0.2) is 53.5 Å². The van der Waals surface area contributed by atoms with E-state index in [0.717, 1.165) is 11.9 Å². The van der Waals surface area contributed by atoms with Crippen molar-refractivity contribution >= 4 is 26.7 Å². The lowest BCUT2D eigenvalue weighted by atomic mass is 10.2. The molecule has 0 bridgehead atoms. The van der Waals surface area contributed by atoms with E-state index in [4.69, 9.17) is 9.47 Å². The number of hydrogen-bond donors (Lipinski definition) is 0. The van der Waals surface area contributed by atoms with Gasteiger partial charge in [0, 0.05) is 31.3 Å². The molecule has 0 saturated carbocycles. The van der Waals surface area contributed by atoms with Crippen molar-refractivity contribution in [2.45, 2.75) is 38.3 Å². The first kappa shape index (κ1) is 23.1. The maximum Gasteiger partial charge on any atom is 0.272 e. The minimum absolute atomic E-state index is 0.0366. The normalized spacial score (nSPS) is 15.1. The van der Waals surface area contributed by atoms with Gasteiger partial charge in [0.15, 0.2) is 0 Å². The molecule has 1 aromatic heterocycles. The molecule has 1 fully saturated rings. The van der Waals surface area contributed by atoms with Crippen LogP contribution in [0.4, 0.5) is 5.69 Å². The number of aryl methyl sites for hydroxylation is 2. The Balaban J connectivity index is 1.62. The minimum Gasteiger partial charge on any atom is -0.486 e. The number of fused-ring (bicyclic) bond motifs is 1. The molecule has 176 valence electrons. The topological polar surface area (TPSA) is 117 Å². The summed E-state index contributed by atoms with van der Waals surface area (Å²) in [5, 5.41) is 11.0. The van der Waals surface area contributed by atoms with Gasteiger partial charge in [0.2, 0.25) is 10.0 Å². The van der Waals surface area contributed by atoms with Gasteiger partial charge in [-0.3, -0.25) is 10.1 Å². The van der Waals surface area contributed by atoms with Gasteiger partial charge in [-0.2, -0.15) is 4.31 Å². The van der Waals surface area contributed by atoms with Gasteiger partial charge >= 0.3 is 0 Å². The highest BCUT2D eigenvalue weighted by Crippen LogP contribution is 2.26. The number of ether oxygens (including phenoxy) is 2. The van der Waals surface area contributed by atoms with Crippen LogP contribution in [0.3, 0.4) is 0 Å². The molecule has 1 saturated heterocycles. The van der Waals surface area contributed by atoms with Gasteiger partial charge < -0.3 is 14.0 Å². The molecule has 1 aliphatic rings. The molecule has 11 heteroatoms. The van der Waals surface area contributed by atoms with Crippen LogP contribution in [0, 0.1) is 17.0 Å². The number of nitro benzene ring substituents is 1. The molecule has 10 nitrogen and oxygen atoms in total. The van der Waals surface area contributed by atoms with Gasteiger partial charge in [-0.15, -0.1) is 0 Å². The molecule has 0 spiro atoms. The SMILES string of the molecule is CCCn1c(COc2ccc([N+](=O)[O-])c(C)c2)nc2cc(S(=O)(=O)N3CCOCC3)ccc21. The Hall–Kier alpha value is -3.02. The molecule has 2 aromatic carbocycles. The molecular formula is C22H26N4O6S. The molecule has 1 aliphatic heterocycles. The van der Waals surface area contributed by atoms with E-state index in [2.05, 4.69) is 4.98 Å². The van der Waals surface area contributed by atoms with Crippen LogP contribution < -0.4 is 4.74 Å². The van der Waals surface area contributed by atoms with Gasteiger partial charge in [0.1, 0.15) is 18.2 Å². The zero-order chi connectivity index (χ0) is 23.6. The number of aromatic nitrogens is 2. The highest BCUT2D eigenvalue weighted by atomic mass is 32.2.